The first-order valence-electron chi connectivity index (χ1n) is 8.32. The molecule has 0 aliphatic heterocycles. The molecule has 0 radical (unpaired) electrons. The van der Waals surface area contributed by atoms with E-state index in [9.17, 15) is 26.3 Å². The zero-order valence-corrected chi connectivity index (χ0v) is 15.6. The van der Waals surface area contributed by atoms with Gasteiger partial charge in [-0.25, -0.2) is 9.67 Å². The van der Waals surface area contributed by atoms with Crippen molar-refractivity contribution >= 4 is 11.6 Å². The zero-order chi connectivity index (χ0) is 21.4. The van der Waals surface area contributed by atoms with E-state index in [0.29, 0.717) is 0 Å². The summed E-state index contributed by atoms with van der Waals surface area (Å²) in [5, 5.41) is 4.01. The maximum absolute atomic E-state index is 12.9. The van der Waals surface area contributed by atoms with E-state index in [4.69, 9.17) is 11.6 Å². The van der Waals surface area contributed by atoms with Crippen LogP contribution in [0, 0.1) is 0 Å². The first-order chi connectivity index (χ1) is 13.4. The molecule has 0 aliphatic rings. The van der Waals surface area contributed by atoms with Crippen molar-refractivity contribution in [1.29, 1.82) is 0 Å². The quantitative estimate of drug-likeness (QED) is 0.370. The Hall–Kier alpha value is -2.55. The van der Waals surface area contributed by atoms with E-state index in [1.54, 1.807) is 6.92 Å². The minimum atomic E-state index is -4.53. The van der Waals surface area contributed by atoms with Crippen molar-refractivity contribution in [1.82, 2.24) is 14.8 Å². The molecule has 0 saturated heterocycles. The summed E-state index contributed by atoms with van der Waals surface area (Å²) in [4.78, 5) is 2.33. The molecule has 0 bridgehead atoms. The van der Waals surface area contributed by atoms with Gasteiger partial charge in [0.1, 0.15) is 17.5 Å². The second-order valence-corrected chi connectivity index (χ2v) is 7.01. The molecule has 3 nitrogen and oxygen atoms in total. The maximum Gasteiger partial charge on any atom is 0.416 e. The van der Waals surface area contributed by atoms with E-state index >= 15 is 0 Å². The molecule has 0 aliphatic carbocycles. The third-order valence-electron chi connectivity index (χ3n) is 4.67. The lowest BCUT2D eigenvalue weighted by atomic mass is 9.84. The van der Waals surface area contributed by atoms with Crippen molar-refractivity contribution in [3.05, 3.63) is 83.4 Å². The molecule has 1 unspecified atom stereocenters. The van der Waals surface area contributed by atoms with Crippen LogP contribution in [0.15, 0.2) is 61.2 Å². The van der Waals surface area contributed by atoms with Crippen LogP contribution >= 0.6 is 11.6 Å². The predicted octanol–water partition coefficient (Wildman–Crippen LogP) is 6.06. The fraction of sp³-hybridized carbons (Fsp3) is 0.263. The number of hydrogen-bond acceptors (Lipinski definition) is 2. The minimum Gasteiger partial charge on any atom is -0.248 e. The Balaban J connectivity index is 2.12. The summed E-state index contributed by atoms with van der Waals surface area (Å²) in [7, 11) is 0. The van der Waals surface area contributed by atoms with E-state index < -0.39 is 34.4 Å². The Morgan fingerprint density at radius 2 is 1.14 bits per heavy atom. The fourth-order valence-electron chi connectivity index (χ4n) is 3.05. The highest BCUT2D eigenvalue weighted by molar-refractivity contribution is 6.26. The normalized spacial score (nSPS) is 14.1. The molecule has 10 heteroatoms. The Bertz CT molecular complexity index is 890. The van der Waals surface area contributed by atoms with Gasteiger partial charge in [0.15, 0.2) is 0 Å². The van der Waals surface area contributed by atoms with Crippen molar-refractivity contribution in [3.8, 4) is 0 Å². The molecule has 2 aromatic carbocycles. The van der Waals surface area contributed by atoms with Crippen molar-refractivity contribution in [3.63, 3.8) is 0 Å². The average Bonchev–Trinajstić information content (AvgIpc) is 3.20. The molecule has 1 atom stereocenters. The molecule has 0 amide bonds. The van der Waals surface area contributed by atoms with Crippen LogP contribution in [-0.2, 0) is 17.2 Å². The van der Waals surface area contributed by atoms with Crippen LogP contribution in [0.3, 0.4) is 0 Å². The van der Waals surface area contributed by atoms with Gasteiger partial charge in [0.05, 0.1) is 17.2 Å². The van der Waals surface area contributed by atoms with Crippen molar-refractivity contribution in [2.24, 2.45) is 0 Å². The highest BCUT2D eigenvalue weighted by Crippen LogP contribution is 2.46. The number of rotatable bonds is 4. The molecule has 0 fully saturated rings. The molecule has 1 aromatic heterocycles. The Kier molecular flexibility index (Phi) is 5.38. The fourth-order valence-corrected chi connectivity index (χ4v) is 3.40. The van der Waals surface area contributed by atoms with Gasteiger partial charge < -0.3 is 0 Å². The number of halogens is 7. The van der Waals surface area contributed by atoms with Crippen LogP contribution in [0.4, 0.5) is 26.3 Å². The van der Waals surface area contributed by atoms with Gasteiger partial charge in [-0.1, -0.05) is 24.3 Å². The summed E-state index contributed by atoms with van der Waals surface area (Å²) in [6.07, 6.45) is -6.43. The molecular weight excluding hydrogens is 420 g/mol. The third kappa shape index (κ3) is 4.10. The van der Waals surface area contributed by atoms with Gasteiger partial charge in [-0.05, 0) is 42.3 Å². The SMILES string of the molecule is CC(n1cncn1)C(Cl)(c1ccc(C(F)(F)F)cc1)c1ccc(C(F)(F)F)cc1. The van der Waals surface area contributed by atoms with Gasteiger partial charge >= 0.3 is 12.4 Å². The topological polar surface area (TPSA) is 30.7 Å². The molecule has 3 rings (SSSR count). The van der Waals surface area contributed by atoms with E-state index in [1.165, 1.54) is 41.6 Å². The Labute approximate surface area is 166 Å². The summed E-state index contributed by atoms with van der Waals surface area (Å²) in [6.45, 7) is 1.65. The van der Waals surface area contributed by atoms with E-state index in [1.807, 2.05) is 0 Å². The largest absolute Gasteiger partial charge is 0.416 e. The van der Waals surface area contributed by atoms with Crippen LogP contribution < -0.4 is 0 Å². The maximum atomic E-state index is 12.9. The molecule has 0 saturated carbocycles. The van der Waals surface area contributed by atoms with Gasteiger partial charge in [0.25, 0.3) is 0 Å². The highest BCUT2D eigenvalue weighted by atomic mass is 35.5. The van der Waals surface area contributed by atoms with E-state index in [-0.39, 0.29) is 11.1 Å². The predicted molar refractivity (Wildman–Crippen MR) is 94.3 cm³/mol. The molecule has 154 valence electrons. The number of hydrogen-bond donors (Lipinski definition) is 0. The van der Waals surface area contributed by atoms with Crippen LogP contribution in [0.2, 0.25) is 0 Å². The van der Waals surface area contributed by atoms with Crippen LogP contribution in [0.1, 0.15) is 35.2 Å². The van der Waals surface area contributed by atoms with Crippen LogP contribution in [0.25, 0.3) is 0 Å². The van der Waals surface area contributed by atoms with Crippen LogP contribution in [-0.4, -0.2) is 14.8 Å². The van der Waals surface area contributed by atoms with Crippen LogP contribution in [0.5, 0.6) is 0 Å². The van der Waals surface area contributed by atoms with Gasteiger partial charge in [-0.2, -0.15) is 31.4 Å². The second kappa shape index (κ2) is 7.37. The standard InChI is InChI=1S/C19H14ClF6N3/c1-12(29-11-27-10-28-29)17(20,13-2-6-15(7-3-13)18(21,22)23)14-4-8-16(9-5-14)19(24,25)26/h2-12H,1H3. The average molecular weight is 434 g/mol. The summed E-state index contributed by atoms with van der Waals surface area (Å²) in [6, 6.07) is 7.67. The molecule has 29 heavy (non-hydrogen) atoms. The second-order valence-electron chi connectivity index (χ2n) is 6.41. The molecule has 0 N–H and O–H groups in total. The number of alkyl halides is 7. The molecule has 0 spiro atoms. The lowest BCUT2D eigenvalue weighted by Gasteiger charge is -2.34. The lowest BCUT2D eigenvalue weighted by Crippen LogP contribution is -2.32. The van der Waals surface area contributed by atoms with Gasteiger partial charge in [-0.3, -0.25) is 0 Å². The summed E-state index contributed by atoms with van der Waals surface area (Å²) in [5.74, 6) is 0. The summed E-state index contributed by atoms with van der Waals surface area (Å²) in [5.41, 5.74) is -1.17. The zero-order valence-electron chi connectivity index (χ0n) is 14.8. The lowest BCUT2D eigenvalue weighted by molar-refractivity contribution is -0.138. The Morgan fingerprint density at radius 1 is 0.759 bits per heavy atom. The van der Waals surface area contributed by atoms with Gasteiger partial charge in [0.2, 0.25) is 0 Å². The minimum absolute atomic E-state index is 0.273. The molecule has 3 aromatic rings. The van der Waals surface area contributed by atoms with Crippen molar-refractivity contribution < 1.29 is 26.3 Å². The van der Waals surface area contributed by atoms with E-state index in [2.05, 4.69) is 10.1 Å². The van der Waals surface area contributed by atoms with Gasteiger partial charge in [0, 0.05) is 0 Å². The molecular formula is C19H14ClF6N3. The summed E-state index contributed by atoms with van der Waals surface area (Å²) < 4.78 is 78.9. The first-order valence-corrected chi connectivity index (χ1v) is 8.70. The van der Waals surface area contributed by atoms with E-state index in [0.717, 1.165) is 24.3 Å². The third-order valence-corrected chi connectivity index (χ3v) is 5.43. The monoisotopic (exact) mass is 433 g/mol. The number of benzene rings is 2. The van der Waals surface area contributed by atoms with Gasteiger partial charge in [-0.15, -0.1) is 11.6 Å². The number of nitrogens with zero attached hydrogens (tertiary/aromatic N) is 3. The first kappa shape index (κ1) is 21.2. The number of aromatic nitrogens is 3. The highest BCUT2D eigenvalue weighted by Gasteiger charge is 2.41. The van der Waals surface area contributed by atoms with Crippen molar-refractivity contribution in [2.75, 3.05) is 0 Å². The van der Waals surface area contributed by atoms with Crippen molar-refractivity contribution in [2.45, 2.75) is 30.2 Å². The smallest absolute Gasteiger partial charge is 0.248 e. The molecule has 1 heterocycles. The summed E-state index contributed by atoms with van der Waals surface area (Å²) >= 11 is 6.91. The Morgan fingerprint density at radius 3 is 1.45 bits per heavy atom.